The van der Waals surface area contributed by atoms with Crippen molar-refractivity contribution in [2.45, 2.75) is 69.6 Å². The summed E-state index contributed by atoms with van der Waals surface area (Å²) in [5, 5.41) is 17.9. The molecule has 0 saturated heterocycles. The zero-order chi connectivity index (χ0) is 31.1. The van der Waals surface area contributed by atoms with Crippen LogP contribution in [-0.4, -0.2) is 46.9 Å². The Bertz CT molecular complexity index is 1500. The van der Waals surface area contributed by atoms with Gasteiger partial charge in [0.1, 0.15) is 18.2 Å². The molecule has 2 aromatic carbocycles. The Morgan fingerprint density at radius 2 is 1.72 bits per heavy atom. The van der Waals surface area contributed by atoms with Gasteiger partial charge in [0.2, 0.25) is 5.91 Å². The lowest BCUT2D eigenvalue weighted by molar-refractivity contribution is -0.141. The molecule has 0 radical (unpaired) electrons. The number of allylic oxidation sites excluding steroid dienone is 1. The van der Waals surface area contributed by atoms with Crippen LogP contribution in [0.2, 0.25) is 0 Å². The Balaban J connectivity index is 1.43. The van der Waals surface area contributed by atoms with Crippen LogP contribution in [0.15, 0.2) is 76.8 Å². The highest BCUT2D eigenvalue weighted by molar-refractivity contribution is 7.99. The fraction of sp³-hybridized carbons (Fsp3) is 0.333. The first kappa shape index (κ1) is 32.0. The van der Waals surface area contributed by atoms with Crippen molar-refractivity contribution in [3.8, 4) is 0 Å². The number of carboxylic acids is 1. The van der Waals surface area contributed by atoms with Gasteiger partial charge in [0.05, 0.1) is 4.88 Å². The smallest absolute Gasteiger partial charge is 0.325 e. The molecule has 10 heteroatoms. The molecule has 3 atom stereocenters. The number of carbonyl (C=O) groups is 3. The van der Waals surface area contributed by atoms with Crippen molar-refractivity contribution >= 4 is 52.7 Å². The van der Waals surface area contributed by atoms with Crippen LogP contribution < -0.4 is 16.0 Å². The molecule has 1 aromatic heterocycles. The summed E-state index contributed by atoms with van der Waals surface area (Å²) in [7, 11) is 0. The molecule has 4 N–H and O–H groups in total. The molecule has 2 amide bonds. The molecule has 0 aliphatic carbocycles. The summed E-state index contributed by atoms with van der Waals surface area (Å²) in [6.07, 6.45) is 3.77. The van der Waals surface area contributed by atoms with Crippen LogP contribution in [0.1, 0.15) is 72.0 Å². The molecule has 226 valence electrons. The third-order valence-electron chi connectivity index (χ3n) is 6.91. The van der Waals surface area contributed by atoms with Gasteiger partial charge < -0.3 is 21.1 Å². The SMILES string of the molecule is CCSc1ccc(C2=CNC(c3ccc(C[C@H](NC(=O)c4ccc(C(C)(C)C)s4)C(=O)N[C@H](C)C(=O)O)cc3)N=C2)cc1. The molecule has 0 fully saturated rings. The van der Waals surface area contributed by atoms with Gasteiger partial charge in [-0.25, -0.2) is 0 Å². The van der Waals surface area contributed by atoms with Crippen LogP contribution in [-0.2, 0) is 21.4 Å². The van der Waals surface area contributed by atoms with E-state index in [-0.39, 0.29) is 23.9 Å². The number of aliphatic carboxylic acids is 1. The number of benzene rings is 2. The van der Waals surface area contributed by atoms with Crippen molar-refractivity contribution in [3.63, 3.8) is 0 Å². The van der Waals surface area contributed by atoms with Crippen molar-refractivity contribution in [1.29, 1.82) is 0 Å². The van der Waals surface area contributed by atoms with E-state index < -0.39 is 24.0 Å². The van der Waals surface area contributed by atoms with Crippen LogP contribution in [0.5, 0.6) is 0 Å². The largest absolute Gasteiger partial charge is 0.480 e. The molecule has 0 spiro atoms. The Morgan fingerprint density at radius 1 is 1.02 bits per heavy atom. The van der Waals surface area contributed by atoms with Crippen molar-refractivity contribution < 1.29 is 19.5 Å². The zero-order valence-electron chi connectivity index (χ0n) is 25.0. The summed E-state index contributed by atoms with van der Waals surface area (Å²) in [6, 6.07) is 17.7. The van der Waals surface area contributed by atoms with E-state index in [1.54, 1.807) is 17.8 Å². The molecule has 43 heavy (non-hydrogen) atoms. The van der Waals surface area contributed by atoms with Gasteiger partial charge in [-0.2, -0.15) is 0 Å². The van der Waals surface area contributed by atoms with E-state index in [2.05, 4.69) is 67.9 Å². The van der Waals surface area contributed by atoms with Crippen LogP contribution in [0.3, 0.4) is 0 Å². The molecule has 1 aliphatic heterocycles. The minimum absolute atomic E-state index is 0.105. The van der Waals surface area contributed by atoms with Gasteiger partial charge in [0.15, 0.2) is 0 Å². The molecule has 8 nitrogen and oxygen atoms in total. The number of hydrogen-bond donors (Lipinski definition) is 4. The summed E-state index contributed by atoms with van der Waals surface area (Å²) in [5.41, 5.74) is 3.75. The fourth-order valence-corrected chi connectivity index (χ4v) is 6.03. The topological polar surface area (TPSA) is 120 Å². The van der Waals surface area contributed by atoms with Crippen molar-refractivity contribution in [2.75, 3.05) is 5.75 Å². The number of nitrogens with one attached hydrogen (secondary N) is 3. The van der Waals surface area contributed by atoms with Gasteiger partial charge in [0.25, 0.3) is 5.91 Å². The summed E-state index contributed by atoms with van der Waals surface area (Å²) in [6.45, 7) is 9.74. The second kappa shape index (κ2) is 14.1. The lowest BCUT2D eigenvalue weighted by Crippen LogP contribution is -2.51. The first-order valence-corrected chi connectivity index (χ1v) is 16.0. The highest BCUT2D eigenvalue weighted by Gasteiger charge is 2.27. The average molecular weight is 619 g/mol. The number of carboxylic acid groups (broad SMARTS) is 1. The van der Waals surface area contributed by atoms with E-state index in [0.29, 0.717) is 4.88 Å². The lowest BCUT2D eigenvalue weighted by Gasteiger charge is -2.21. The van der Waals surface area contributed by atoms with Crippen LogP contribution in [0.25, 0.3) is 5.57 Å². The second-order valence-electron chi connectivity index (χ2n) is 11.4. The number of nitrogens with zero attached hydrogens (tertiary/aromatic N) is 1. The van der Waals surface area contributed by atoms with Crippen molar-refractivity contribution in [1.82, 2.24) is 16.0 Å². The minimum Gasteiger partial charge on any atom is -0.480 e. The van der Waals surface area contributed by atoms with Gasteiger partial charge in [-0.3, -0.25) is 19.4 Å². The maximum absolute atomic E-state index is 13.1. The summed E-state index contributed by atoms with van der Waals surface area (Å²) in [5.74, 6) is -1.05. The third kappa shape index (κ3) is 8.58. The normalized spacial score (nSPS) is 16.0. The summed E-state index contributed by atoms with van der Waals surface area (Å²) in [4.78, 5) is 45.0. The number of thiophene rings is 1. The zero-order valence-corrected chi connectivity index (χ0v) is 26.6. The Labute approximate surface area is 261 Å². The monoisotopic (exact) mass is 618 g/mol. The average Bonchev–Trinajstić information content (AvgIpc) is 3.50. The van der Waals surface area contributed by atoms with E-state index in [4.69, 9.17) is 4.99 Å². The Hall–Kier alpha value is -3.89. The van der Waals surface area contributed by atoms with E-state index in [9.17, 15) is 19.5 Å². The van der Waals surface area contributed by atoms with E-state index in [1.807, 2.05) is 42.7 Å². The number of hydrogen-bond acceptors (Lipinski definition) is 7. The maximum atomic E-state index is 13.1. The van der Waals surface area contributed by atoms with Gasteiger partial charge >= 0.3 is 5.97 Å². The standard InChI is InChI=1S/C33H38N4O4S2/c1-6-42-25-13-11-22(12-14-25)24-18-34-29(35-19-24)23-9-7-21(8-10-23)17-26(30(38)36-20(2)32(40)41)37-31(39)27-15-16-28(43-27)33(3,4)5/h7-16,18-20,26,29,34H,6,17H2,1-5H3,(H,36,38)(H,37,39)(H,40,41)/t20-,26+,29?/m1/s1. The molecule has 0 saturated carbocycles. The molecule has 1 aliphatic rings. The van der Waals surface area contributed by atoms with Crippen LogP contribution >= 0.6 is 23.1 Å². The molecule has 1 unspecified atom stereocenters. The lowest BCUT2D eigenvalue weighted by atomic mass is 9.95. The number of thioether (sulfide) groups is 1. The van der Waals surface area contributed by atoms with Crippen molar-refractivity contribution in [3.05, 3.63) is 93.3 Å². The summed E-state index contributed by atoms with van der Waals surface area (Å²) < 4.78 is 0. The Kier molecular flexibility index (Phi) is 10.5. The quantitative estimate of drug-likeness (QED) is 0.202. The number of amides is 2. The Morgan fingerprint density at radius 3 is 2.28 bits per heavy atom. The maximum Gasteiger partial charge on any atom is 0.325 e. The van der Waals surface area contributed by atoms with Gasteiger partial charge in [0, 0.05) is 34.2 Å². The van der Waals surface area contributed by atoms with Gasteiger partial charge in [-0.1, -0.05) is 64.1 Å². The number of rotatable bonds is 11. The third-order valence-corrected chi connectivity index (χ3v) is 9.32. The molecule has 0 bridgehead atoms. The highest BCUT2D eigenvalue weighted by Crippen LogP contribution is 2.29. The highest BCUT2D eigenvalue weighted by atomic mass is 32.2. The molecular weight excluding hydrogens is 581 g/mol. The molecule has 2 heterocycles. The van der Waals surface area contributed by atoms with Crippen LogP contribution in [0.4, 0.5) is 0 Å². The van der Waals surface area contributed by atoms with E-state index in [1.165, 1.54) is 23.2 Å². The summed E-state index contributed by atoms with van der Waals surface area (Å²) >= 11 is 3.19. The predicted molar refractivity (Wildman–Crippen MR) is 175 cm³/mol. The predicted octanol–water partition coefficient (Wildman–Crippen LogP) is 5.80. The van der Waals surface area contributed by atoms with Gasteiger partial charge in [-0.05, 0) is 59.0 Å². The first-order chi connectivity index (χ1) is 20.4. The molecule has 4 rings (SSSR count). The first-order valence-electron chi connectivity index (χ1n) is 14.2. The number of aliphatic imine (C=N–C) groups is 1. The second-order valence-corrected chi connectivity index (χ2v) is 13.8. The van der Waals surface area contributed by atoms with Crippen LogP contribution in [0, 0.1) is 0 Å². The molecular formula is C33H38N4O4S2. The van der Waals surface area contributed by atoms with Gasteiger partial charge in [-0.15, -0.1) is 23.1 Å². The van der Waals surface area contributed by atoms with Crippen molar-refractivity contribution in [2.24, 2.45) is 4.99 Å². The molecule has 3 aromatic rings. The number of carbonyl (C=O) groups excluding carboxylic acids is 2. The van der Waals surface area contributed by atoms with E-state index >= 15 is 0 Å². The minimum atomic E-state index is -1.15. The van der Waals surface area contributed by atoms with E-state index in [0.717, 1.165) is 32.9 Å². The fourth-order valence-electron chi connectivity index (χ4n) is 4.40.